The molecule has 124 valence electrons. The SMILES string of the molecule is CCOc1cc(C=NNc2nc(N)cs2)ccc1OC(C)CC. The van der Waals surface area contributed by atoms with Gasteiger partial charge in [0.1, 0.15) is 5.82 Å². The average molecular weight is 334 g/mol. The van der Waals surface area contributed by atoms with Crippen molar-refractivity contribution in [3.63, 3.8) is 0 Å². The van der Waals surface area contributed by atoms with Crippen LogP contribution >= 0.6 is 11.3 Å². The molecule has 0 saturated carbocycles. The van der Waals surface area contributed by atoms with Crippen LogP contribution in [0.3, 0.4) is 0 Å². The fourth-order valence-electron chi connectivity index (χ4n) is 1.77. The molecule has 1 atom stereocenters. The Bertz CT molecular complexity index is 657. The molecule has 0 saturated heterocycles. The van der Waals surface area contributed by atoms with Gasteiger partial charge in [0.2, 0.25) is 5.13 Å². The molecule has 1 heterocycles. The molecule has 0 radical (unpaired) electrons. The zero-order chi connectivity index (χ0) is 16.7. The van der Waals surface area contributed by atoms with Gasteiger partial charge in [0.15, 0.2) is 11.5 Å². The molecule has 3 N–H and O–H groups in total. The number of nitrogens with two attached hydrogens (primary N) is 1. The van der Waals surface area contributed by atoms with Crippen molar-refractivity contribution >= 4 is 28.5 Å². The molecule has 7 heteroatoms. The van der Waals surface area contributed by atoms with Crippen molar-refractivity contribution in [3.05, 3.63) is 29.1 Å². The molecule has 0 amide bonds. The minimum absolute atomic E-state index is 0.144. The maximum atomic E-state index is 5.87. The van der Waals surface area contributed by atoms with E-state index in [9.17, 15) is 0 Å². The summed E-state index contributed by atoms with van der Waals surface area (Å²) in [6.45, 7) is 6.65. The van der Waals surface area contributed by atoms with Gasteiger partial charge in [-0.25, -0.2) is 4.98 Å². The number of nitrogen functional groups attached to an aromatic ring is 1. The Kier molecular flexibility index (Phi) is 6.22. The highest BCUT2D eigenvalue weighted by molar-refractivity contribution is 7.14. The van der Waals surface area contributed by atoms with Crippen LogP contribution in [-0.2, 0) is 0 Å². The fourth-order valence-corrected chi connectivity index (χ4v) is 2.32. The first-order valence-corrected chi connectivity index (χ1v) is 8.43. The van der Waals surface area contributed by atoms with Crippen molar-refractivity contribution in [2.24, 2.45) is 5.10 Å². The van der Waals surface area contributed by atoms with Crippen LogP contribution in [-0.4, -0.2) is 23.9 Å². The number of nitrogens with one attached hydrogen (secondary N) is 1. The maximum absolute atomic E-state index is 5.87. The Morgan fingerprint density at radius 3 is 2.87 bits per heavy atom. The van der Waals surface area contributed by atoms with Crippen molar-refractivity contribution < 1.29 is 9.47 Å². The number of aromatic nitrogens is 1. The van der Waals surface area contributed by atoms with Crippen molar-refractivity contribution in [3.8, 4) is 11.5 Å². The molecule has 2 rings (SSSR count). The second-order valence-corrected chi connectivity index (χ2v) is 5.78. The molecule has 23 heavy (non-hydrogen) atoms. The predicted octanol–water partition coefficient (Wildman–Crippen LogP) is 3.75. The smallest absolute Gasteiger partial charge is 0.205 e. The van der Waals surface area contributed by atoms with Gasteiger partial charge in [-0.05, 0) is 44.0 Å². The average Bonchev–Trinajstić information content (AvgIpc) is 2.95. The molecule has 2 aromatic rings. The number of thiazole rings is 1. The van der Waals surface area contributed by atoms with Crippen LogP contribution in [0.5, 0.6) is 11.5 Å². The van der Waals surface area contributed by atoms with Crippen LogP contribution in [0.2, 0.25) is 0 Å². The fraction of sp³-hybridized carbons (Fsp3) is 0.375. The van der Waals surface area contributed by atoms with Crippen molar-refractivity contribution in [2.45, 2.75) is 33.3 Å². The summed E-state index contributed by atoms with van der Waals surface area (Å²) in [6.07, 6.45) is 2.79. The normalized spacial score (nSPS) is 12.3. The van der Waals surface area contributed by atoms with Crippen LogP contribution in [0.1, 0.15) is 32.8 Å². The van der Waals surface area contributed by atoms with Gasteiger partial charge in [-0.15, -0.1) is 11.3 Å². The van der Waals surface area contributed by atoms with Crippen molar-refractivity contribution in [1.82, 2.24) is 4.98 Å². The van der Waals surface area contributed by atoms with Gasteiger partial charge in [-0.1, -0.05) is 6.92 Å². The second-order valence-electron chi connectivity index (χ2n) is 4.92. The molecule has 0 aliphatic heterocycles. The lowest BCUT2D eigenvalue weighted by Crippen LogP contribution is -2.11. The summed E-state index contributed by atoms with van der Waals surface area (Å²) in [5.41, 5.74) is 9.31. The molecule has 6 nitrogen and oxygen atoms in total. The van der Waals surface area contributed by atoms with Gasteiger partial charge in [0, 0.05) is 5.38 Å². The van der Waals surface area contributed by atoms with E-state index in [1.807, 2.05) is 32.0 Å². The summed E-state index contributed by atoms with van der Waals surface area (Å²) >= 11 is 1.40. The van der Waals surface area contributed by atoms with Crippen LogP contribution in [0, 0.1) is 0 Å². The van der Waals surface area contributed by atoms with E-state index in [1.54, 1.807) is 11.6 Å². The van der Waals surface area contributed by atoms with Crippen LogP contribution in [0.4, 0.5) is 10.9 Å². The molecule has 0 fully saturated rings. The zero-order valence-corrected chi connectivity index (χ0v) is 14.4. The summed E-state index contributed by atoms with van der Waals surface area (Å²) in [5.74, 6) is 1.95. The number of hydrogen-bond donors (Lipinski definition) is 2. The van der Waals surface area contributed by atoms with Gasteiger partial charge in [-0.3, -0.25) is 5.43 Å². The van der Waals surface area contributed by atoms with Crippen molar-refractivity contribution in [1.29, 1.82) is 0 Å². The first-order chi connectivity index (χ1) is 11.1. The lowest BCUT2D eigenvalue weighted by Gasteiger charge is -2.16. The molecule has 0 bridgehead atoms. The van der Waals surface area contributed by atoms with Gasteiger partial charge in [0.05, 0.1) is 18.9 Å². The number of nitrogens with zero attached hydrogens (tertiary/aromatic N) is 2. The third kappa shape index (κ3) is 5.14. The number of ether oxygens (including phenoxy) is 2. The van der Waals surface area contributed by atoms with E-state index >= 15 is 0 Å². The topological polar surface area (TPSA) is 81.8 Å². The molecule has 0 spiro atoms. The second kappa shape index (κ2) is 8.38. The quantitative estimate of drug-likeness (QED) is 0.567. The van der Waals surface area contributed by atoms with E-state index in [0.717, 1.165) is 23.5 Å². The van der Waals surface area contributed by atoms with Gasteiger partial charge >= 0.3 is 0 Å². The lowest BCUT2D eigenvalue weighted by molar-refractivity contribution is 0.203. The largest absolute Gasteiger partial charge is 0.490 e. The van der Waals surface area contributed by atoms with E-state index in [0.29, 0.717) is 17.6 Å². The number of rotatable bonds is 8. The molecule has 1 aromatic heterocycles. The third-order valence-corrected chi connectivity index (χ3v) is 3.83. The lowest BCUT2D eigenvalue weighted by atomic mass is 10.2. The molecule has 0 aliphatic rings. The Hall–Kier alpha value is -2.28. The van der Waals surface area contributed by atoms with Crippen molar-refractivity contribution in [2.75, 3.05) is 17.8 Å². The molecule has 1 unspecified atom stereocenters. The molecule has 1 aromatic carbocycles. The molecular formula is C16H22N4O2S. The number of anilines is 2. The monoisotopic (exact) mass is 334 g/mol. The van der Waals surface area contributed by atoms with E-state index < -0.39 is 0 Å². The van der Waals surface area contributed by atoms with Crippen LogP contribution < -0.4 is 20.6 Å². The Balaban J connectivity index is 2.08. The maximum Gasteiger partial charge on any atom is 0.205 e. The summed E-state index contributed by atoms with van der Waals surface area (Å²) in [6, 6.07) is 5.74. The van der Waals surface area contributed by atoms with Gasteiger partial charge in [0.25, 0.3) is 0 Å². The Morgan fingerprint density at radius 1 is 1.39 bits per heavy atom. The van der Waals surface area contributed by atoms with Gasteiger partial charge in [-0.2, -0.15) is 5.10 Å². The number of hydrazone groups is 1. The van der Waals surface area contributed by atoms with Crippen LogP contribution in [0.25, 0.3) is 0 Å². The molecular weight excluding hydrogens is 312 g/mol. The first kappa shape index (κ1) is 17.1. The number of hydrogen-bond acceptors (Lipinski definition) is 7. The Labute approximate surface area is 140 Å². The predicted molar refractivity (Wildman–Crippen MR) is 95.7 cm³/mol. The Morgan fingerprint density at radius 2 is 2.22 bits per heavy atom. The third-order valence-electron chi connectivity index (χ3n) is 3.07. The molecule has 0 aliphatic carbocycles. The minimum atomic E-state index is 0.144. The highest BCUT2D eigenvalue weighted by Crippen LogP contribution is 2.29. The summed E-state index contributed by atoms with van der Waals surface area (Å²) < 4.78 is 11.5. The van der Waals surface area contributed by atoms with E-state index in [2.05, 4.69) is 22.4 Å². The minimum Gasteiger partial charge on any atom is -0.490 e. The van der Waals surface area contributed by atoms with E-state index in [1.165, 1.54) is 11.3 Å². The van der Waals surface area contributed by atoms with Gasteiger partial charge < -0.3 is 15.2 Å². The summed E-state index contributed by atoms with van der Waals surface area (Å²) in [5, 5.41) is 6.56. The first-order valence-electron chi connectivity index (χ1n) is 7.56. The highest BCUT2D eigenvalue weighted by atomic mass is 32.1. The van der Waals surface area contributed by atoms with E-state index in [4.69, 9.17) is 15.2 Å². The standard InChI is InChI=1S/C16H22N4O2S/c1-4-11(3)22-13-7-6-12(8-14(13)21-5-2)9-18-20-16-19-15(17)10-23-16/h6-11H,4-5,17H2,1-3H3,(H,19,20). The van der Waals surface area contributed by atoms with E-state index in [-0.39, 0.29) is 6.10 Å². The highest BCUT2D eigenvalue weighted by Gasteiger charge is 2.09. The summed E-state index contributed by atoms with van der Waals surface area (Å²) in [7, 11) is 0. The summed E-state index contributed by atoms with van der Waals surface area (Å²) in [4.78, 5) is 4.07. The number of benzene rings is 1. The van der Waals surface area contributed by atoms with Crippen LogP contribution in [0.15, 0.2) is 28.7 Å². The zero-order valence-electron chi connectivity index (χ0n) is 13.6.